The van der Waals surface area contributed by atoms with E-state index in [2.05, 4.69) is 30.9 Å². The third-order valence-corrected chi connectivity index (χ3v) is 2.24. The second-order valence-corrected chi connectivity index (χ2v) is 4.01. The van der Waals surface area contributed by atoms with Crippen LogP contribution >= 0.6 is 0 Å². The fourth-order valence-electron chi connectivity index (χ4n) is 1.38. The van der Waals surface area contributed by atoms with Crippen molar-refractivity contribution in [2.45, 2.75) is 20.3 Å². The summed E-state index contributed by atoms with van der Waals surface area (Å²) in [5.41, 5.74) is 0. The van der Waals surface area contributed by atoms with Crippen molar-refractivity contribution in [1.29, 1.82) is 0 Å². The average molecular weight is 183 g/mol. The first-order chi connectivity index (χ1) is 6.29. The molecular formula is C11H21NO. The van der Waals surface area contributed by atoms with Crippen LogP contribution in [0.15, 0.2) is 12.2 Å². The van der Waals surface area contributed by atoms with Crippen LogP contribution in [0.3, 0.4) is 0 Å². The Morgan fingerprint density at radius 1 is 1.23 bits per heavy atom. The van der Waals surface area contributed by atoms with E-state index in [1.54, 1.807) is 0 Å². The molecule has 0 aromatic rings. The molecule has 76 valence electrons. The molecule has 0 aliphatic carbocycles. The van der Waals surface area contributed by atoms with Gasteiger partial charge in [-0.05, 0) is 12.3 Å². The van der Waals surface area contributed by atoms with Crippen LogP contribution in [-0.2, 0) is 4.74 Å². The molecule has 0 unspecified atom stereocenters. The molecule has 0 aromatic heterocycles. The van der Waals surface area contributed by atoms with Crippen LogP contribution in [0.2, 0.25) is 0 Å². The molecule has 2 heteroatoms. The molecule has 0 amide bonds. The quantitative estimate of drug-likeness (QED) is 0.617. The lowest BCUT2D eigenvalue weighted by Crippen LogP contribution is -2.36. The topological polar surface area (TPSA) is 12.5 Å². The standard InChI is InChI=1S/C11H21NO/c1-11(2)5-3-4-6-12-7-9-13-10-8-12/h3-4,11H,5-10H2,1-2H3. The molecule has 0 bridgehead atoms. The monoisotopic (exact) mass is 183 g/mol. The first kappa shape index (κ1) is 10.7. The van der Waals surface area contributed by atoms with E-state index in [9.17, 15) is 0 Å². The highest BCUT2D eigenvalue weighted by Gasteiger charge is 2.07. The van der Waals surface area contributed by atoms with Crippen molar-refractivity contribution in [3.63, 3.8) is 0 Å². The molecule has 0 saturated carbocycles. The van der Waals surface area contributed by atoms with Crippen molar-refractivity contribution in [2.24, 2.45) is 5.92 Å². The molecule has 0 atom stereocenters. The predicted octanol–water partition coefficient (Wildman–Crippen LogP) is 1.92. The maximum atomic E-state index is 5.28. The predicted molar refractivity (Wildman–Crippen MR) is 55.9 cm³/mol. The summed E-state index contributed by atoms with van der Waals surface area (Å²) < 4.78 is 5.28. The minimum atomic E-state index is 0.779. The van der Waals surface area contributed by atoms with Crippen molar-refractivity contribution in [2.75, 3.05) is 32.8 Å². The highest BCUT2D eigenvalue weighted by Crippen LogP contribution is 2.01. The van der Waals surface area contributed by atoms with Gasteiger partial charge in [-0.15, -0.1) is 0 Å². The van der Waals surface area contributed by atoms with E-state index in [0.717, 1.165) is 38.8 Å². The summed E-state index contributed by atoms with van der Waals surface area (Å²) in [6, 6.07) is 0. The highest BCUT2D eigenvalue weighted by atomic mass is 16.5. The third kappa shape index (κ3) is 5.06. The summed E-state index contributed by atoms with van der Waals surface area (Å²) in [5.74, 6) is 0.779. The zero-order valence-corrected chi connectivity index (χ0v) is 8.83. The first-order valence-electron chi connectivity index (χ1n) is 5.24. The minimum absolute atomic E-state index is 0.779. The average Bonchev–Trinajstić information content (AvgIpc) is 2.14. The Morgan fingerprint density at radius 3 is 2.54 bits per heavy atom. The van der Waals surface area contributed by atoms with E-state index in [-0.39, 0.29) is 0 Å². The van der Waals surface area contributed by atoms with Crippen molar-refractivity contribution >= 4 is 0 Å². The summed E-state index contributed by atoms with van der Waals surface area (Å²) in [7, 11) is 0. The van der Waals surface area contributed by atoms with E-state index >= 15 is 0 Å². The van der Waals surface area contributed by atoms with Gasteiger partial charge in [-0.3, -0.25) is 4.90 Å². The lowest BCUT2D eigenvalue weighted by Gasteiger charge is -2.25. The highest BCUT2D eigenvalue weighted by molar-refractivity contribution is 4.86. The van der Waals surface area contributed by atoms with E-state index in [4.69, 9.17) is 4.74 Å². The van der Waals surface area contributed by atoms with Crippen LogP contribution in [0.5, 0.6) is 0 Å². The van der Waals surface area contributed by atoms with Gasteiger partial charge in [-0.25, -0.2) is 0 Å². The summed E-state index contributed by atoms with van der Waals surface area (Å²) in [5, 5.41) is 0. The Balaban J connectivity index is 2.06. The van der Waals surface area contributed by atoms with Crippen LogP contribution in [0, 0.1) is 5.92 Å². The van der Waals surface area contributed by atoms with Gasteiger partial charge in [0, 0.05) is 19.6 Å². The second kappa shape index (κ2) is 6.17. The van der Waals surface area contributed by atoms with E-state index in [0.29, 0.717) is 0 Å². The lowest BCUT2D eigenvalue weighted by atomic mass is 10.1. The second-order valence-electron chi connectivity index (χ2n) is 4.01. The number of hydrogen-bond acceptors (Lipinski definition) is 2. The van der Waals surface area contributed by atoms with Crippen LogP contribution in [-0.4, -0.2) is 37.7 Å². The number of allylic oxidation sites excluding steroid dienone is 1. The molecule has 1 saturated heterocycles. The van der Waals surface area contributed by atoms with Crippen LogP contribution in [0.4, 0.5) is 0 Å². The van der Waals surface area contributed by atoms with Gasteiger partial charge in [0.1, 0.15) is 0 Å². The maximum Gasteiger partial charge on any atom is 0.0594 e. The fourth-order valence-corrected chi connectivity index (χ4v) is 1.38. The summed E-state index contributed by atoms with van der Waals surface area (Å²) in [6.45, 7) is 9.57. The van der Waals surface area contributed by atoms with Crippen LogP contribution in [0.1, 0.15) is 20.3 Å². The maximum absolute atomic E-state index is 5.28. The lowest BCUT2D eigenvalue weighted by molar-refractivity contribution is 0.0434. The van der Waals surface area contributed by atoms with Crippen LogP contribution < -0.4 is 0 Å². The molecule has 0 radical (unpaired) electrons. The number of hydrogen-bond donors (Lipinski definition) is 0. The van der Waals surface area contributed by atoms with E-state index < -0.39 is 0 Å². The van der Waals surface area contributed by atoms with Crippen molar-refractivity contribution in [1.82, 2.24) is 4.90 Å². The van der Waals surface area contributed by atoms with Gasteiger partial charge >= 0.3 is 0 Å². The Morgan fingerprint density at radius 2 is 1.92 bits per heavy atom. The largest absolute Gasteiger partial charge is 0.379 e. The molecular weight excluding hydrogens is 162 g/mol. The molecule has 1 aliphatic rings. The number of morpholine rings is 1. The van der Waals surface area contributed by atoms with Gasteiger partial charge in [-0.2, -0.15) is 0 Å². The molecule has 1 aliphatic heterocycles. The van der Waals surface area contributed by atoms with E-state index in [1.807, 2.05) is 0 Å². The first-order valence-corrected chi connectivity index (χ1v) is 5.24. The number of ether oxygens (including phenoxy) is 1. The summed E-state index contributed by atoms with van der Waals surface area (Å²) in [6.07, 6.45) is 5.77. The molecule has 1 fully saturated rings. The van der Waals surface area contributed by atoms with Crippen molar-refractivity contribution in [3.05, 3.63) is 12.2 Å². The minimum Gasteiger partial charge on any atom is -0.379 e. The molecule has 0 spiro atoms. The van der Waals surface area contributed by atoms with E-state index in [1.165, 1.54) is 6.42 Å². The zero-order chi connectivity index (χ0) is 9.52. The third-order valence-electron chi connectivity index (χ3n) is 2.24. The Bertz CT molecular complexity index is 148. The van der Waals surface area contributed by atoms with Gasteiger partial charge in [0.15, 0.2) is 0 Å². The normalized spacial score (nSPS) is 20.2. The van der Waals surface area contributed by atoms with Crippen molar-refractivity contribution < 1.29 is 4.74 Å². The molecule has 1 heterocycles. The van der Waals surface area contributed by atoms with Crippen molar-refractivity contribution in [3.8, 4) is 0 Å². The molecule has 1 rings (SSSR count). The smallest absolute Gasteiger partial charge is 0.0594 e. The molecule has 13 heavy (non-hydrogen) atoms. The Kier molecular flexibility index (Phi) is 5.09. The van der Waals surface area contributed by atoms with Gasteiger partial charge in [0.2, 0.25) is 0 Å². The van der Waals surface area contributed by atoms with Crippen LogP contribution in [0.25, 0.3) is 0 Å². The van der Waals surface area contributed by atoms with Gasteiger partial charge < -0.3 is 4.74 Å². The molecule has 0 N–H and O–H groups in total. The zero-order valence-electron chi connectivity index (χ0n) is 8.83. The Labute approximate surface area is 81.6 Å². The van der Waals surface area contributed by atoms with Gasteiger partial charge in [0.05, 0.1) is 13.2 Å². The van der Waals surface area contributed by atoms with Gasteiger partial charge in [-0.1, -0.05) is 26.0 Å². The fraction of sp³-hybridized carbons (Fsp3) is 0.818. The van der Waals surface area contributed by atoms with Gasteiger partial charge in [0.25, 0.3) is 0 Å². The Hall–Kier alpha value is -0.340. The molecule has 0 aromatic carbocycles. The number of nitrogens with zero attached hydrogens (tertiary/aromatic N) is 1. The SMILES string of the molecule is CC(C)CC=CCN1CCOCC1. The molecule has 2 nitrogen and oxygen atoms in total. The summed E-state index contributed by atoms with van der Waals surface area (Å²) in [4.78, 5) is 2.43. The number of rotatable bonds is 4. The summed E-state index contributed by atoms with van der Waals surface area (Å²) >= 11 is 0.